The van der Waals surface area contributed by atoms with Gasteiger partial charge in [-0.25, -0.2) is 4.39 Å². The van der Waals surface area contributed by atoms with E-state index in [1.165, 1.54) is 11.6 Å². The highest BCUT2D eigenvalue weighted by atomic mass is 19.1. The van der Waals surface area contributed by atoms with Gasteiger partial charge >= 0.3 is 0 Å². The molecule has 0 radical (unpaired) electrons. The van der Waals surface area contributed by atoms with Crippen LogP contribution in [-0.2, 0) is 11.2 Å². The van der Waals surface area contributed by atoms with Crippen molar-refractivity contribution < 1.29 is 9.18 Å². The van der Waals surface area contributed by atoms with Gasteiger partial charge in [0.05, 0.1) is 0 Å². The van der Waals surface area contributed by atoms with Gasteiger partial charge in [0, 0.05) is 6.54 Å². The second-order valence-corrected chi connectivity index (χ2v) is 5.97. The van der Waals surface area contributed by atoms with Gasteiger partial charge in [0.2, 0.25) is 0 Å². The molecule has 0 aliphatic heterocycles. The lowest BCUT2D eigenvalue weighted by atomic mass is 10.1. The lowest BCUT2D eigenvalue weighted by Crippen LogP contribution is -2.27. The molecule has 0 saturated heterocycles. The fraction of sp³-hybridized carbons (Fsp3) is 0.471. The Hall–Kier alpha value is -1.64. The Kier molecular flexibility index (Phi) is 4.94. The van der Waals surface area contributed by atoms with Crippen molar-refractivity contribution in [2.75, 3.05) is 6.54 Å². The molecule has 0 heterocycles. The molecule has 1 N–H and O–H groups in total. The number of carbonyl (C=O) groups is 1. The Bertz CT molecular complexity index is 481. The minimum absolute atomic E-state index is 0.208. The predicted molar refractivity (Wildman–Crippen MR) is 78.8 cm³/mol. The summed E-state index contributed by atoms with van der Waals surface area (Å²) >= 11 is 0. The topological polar surface area (TPSA) is 29.1 Å². The third kappa shape index (κ3) is 4.48. The summed E-state index contributed by atoms with van der Waals surface area (Å²) in [6, 6.07) is 10.2. The van der Waals surface area contributed by atoms with Crippen LogP contribution in [0.1, 0.15) is 25.8 Å². The van der Waals surface area contributed by atoms with E-state index < -0.39 is 11.7 Å². The van der Waals surface area contributed by atoms with E-state index in [-0.39, 0.29) is 5.92 Å². The van der Waals surface area contributed by atoms with Crippen molar-refractivity contribution in [1.82, 2.24) is 5.32 Å². The number of halogens is 1. The maximum absolute atomic E-state index is 13.7. The second-order valence-electron chi connectivity index (χ2n) is 5.97. The van der Waals surface area contributed by atoms with Crippen LogP contribution in [0.15, 0.2) is 42.2 Å². The number of hydrogen-bond donors (Lipinski definition) is 1. The standard InChI is InChI=1S/C17H22FNO/c1-12(2)11-19-17(20)16(18)10-15-9-14(15)8-13-6-4-3-5-7-13/h3-7,10,12,14-15H,8-9,11H2,1-2H3,(H,19,20)/b16-10-. The van der Waals surface area contributed by atoms with Gasteiger partial charge in [-0.15, -0.1) is 0 Å². The van der Waals surface area contributed by atoms with Crippen molar-refractivity contribution in [3.05, 3.63) is 47.8 Å². The van der Waals surface area contributed by atoms with Crippen molar-refractivity contribution in [2.45, 2.75) is 26.7 Å². The van der Waals surface area contributed by atoms with Crippen LogP contribution in [0, 0.1) is 17.8 Å². The molecule has 1 saturated carbocycles. The fourth-order valence-corrected chi connectivity index (χ4v) is 2.27. The van der Waals surface area contributed by atoms with E-state index in [0.29, 0.717) is 18.4 Å². The zero-order valence-corrected chi connectivity index (χ0v) is 12.1. The molecule has 108 valence electrons. The minimum Gasteiger partial charge on any atom is -0.350 e. The van der Waals surface area contributed by atoms with Gasteiger partial charge in [-0.2, -0.15) is 0 Å². The van der Waals surface area contributed by atoms with Crippen LogP contribution in [-0.4, -0.2) is 12.5 Å². The highest BCUT2D eigenvalue weighted by molar-refractivity contribution is 5.91. The maximum atomic E-state index is 13.7. The zero-order chi connectivity index (χ0) is 14.5. The van der Waals surface area contributed by atoms with Gasteiger partial charge in [0.1, 0.15) is 0 Å². The average Bonchev–Trinajstić information content (AvgIpc) is 3.14. The van der Waals surface area contributed by atoms with Crippen molar-refractivity contribution in [3.63, 3.8) is 0 Å². The summed E-state index contributed by atoms with van der Waals surface area (Å²) in [5.74, 6) is -0.199. The van der Waals surface area contributed by atoms with Crippen LogP contribution in [0.2, 0.25) is 0 Å². The molecular weight excluding hydrogens is 253 g/mol. The SMILES string of the molecule is CC(C)CNC(=O)/C(F)=C/C1CC1Cc1ccccc1. The van der Waals surface area contributed by atoms with Crippen LogP contribution in [0.4, 0.5) is 4.39 Å². The summed E-state index contributed by atoms with van der Waals surface area (Å²) in [4.78, 5) is 11.5. The molecule has 1 aromatic carbocycles. The van der Waals surface area contributed by atoms with Crippen molar-refractivity contribution in [3.8, 4) is 0 Å². The molecule has 0 aromatic heterocycles. The van der Waals surface area contributed by atoms with Gasteiger partial charge in [0.15, 0.2) is 5.83 Å². The van der Waals surface area contributed by atoms with Crippen molar-refractivity contribution in [1.29, 1.82) is 0 Å². The van der Waals surface area contributed by atoms with Crippen LogP contribution >= 0.6 is 0 Å². The molecule has 2 rings (SSSR count). The van der Waals surface area contributed by atoms with E-state index in [1.807, 2.05) is 32.0 Å². The molecule has 20 heavy (non-hydrogen) atoms. The van der Waals surface area contributed by atoms with E-state index in [1.54, 1.807) is 0 Å². The van der Waals surface area contributed by atoms with E-state index >= 15 is 0 Å². The molecule has 1 fully saturated rings. The first-order valence-corrected chi connectivity index (χ1v) is 7.25. The van der Waals surface area contributed by atoms with Crippen LogP contribution < -0.4 is 5.32 Å². The number of amides is 1. The largest absolute Gasteiger partial charge is 0.350 e. The van der Waals surface area contributed by atoms with Crippen molar-refractivity contribution >= 4 is 5.91 Å². The van der Waals surface area contributed by atoms with Gasteiger partial charge < -0.3 is 5.32 Å². The summed E-state index contributed by atoms with van der Waals surface area (Å²) in [6.45, 7) is 4.48. The monoisotopic (exact) mass is 275 g/mol. The average molecular weight is 275 g/mol. The fourth-order valence-electron chi connectivity index (χ4n) is 2.27. The van der Waals surface area contributed by atoms with Crippen LogP contribution in [0.25, 0.3) is 0 Å². The molecule has 0 bridgehead atoms. The van der Waals surface area contributed by atoms with E-state index in [2.05, 4.69) is 17.4 Å². The molecule has 0 spiro atoms. The Morgan fingerprint density at radius 2 is 2.10 bits per heavy atom. The third-order valence-corrected chi connectivity index (χ3v) is 3.57. The molecule has 2 atom stereocenters. The Morgan fingerprint density at radius 1 is 1.40 bits per heavy atom. The van der Waals surface area contributed by atoms with E-state index in [4.69, 9.17) is 0 Å². The number of allylic oxidation sites excluding steroid dienone is 1. The molecule has 3 heteroatoms. The van der Waals surface area contributed by atoms with Crippen molar-refractivity contribution in [2.24, 2.45) is 17.8 Å². The molecule has 1 amide bonds. The summed E-state index contributed by atoms with van der Waals surface area (Å²) in [7, 11) is 0. The van der Waals surface area contributed by atoms with Gasteiger partial charge in [-0.05, 0) is 42.2 Å². The molecule has 1 aliphatic rings. The lowest BCUT2D eigenvalue weighted by Gasteiger charge is -2.05. The third-order valence-electron chi connectivity index (χ3n) is 3.57. The number of rotatable bonds is 6. The molecule has 2 nitrogen and oxygen atoms in total. The maximum Gasteiger partial charge on any atom is 0.279 e. The van der Waals surface area contributed by atoms with Gasteiger partial charge in [0.25, 0.3) is 5.91 Å². The minimum atomic E-state index is -0.633. The molecular formula is C17H22FNO. The normalized spacial score (nSPS) is 21.9. The van der Waals surface area contributed by atoms with Crippen LogP contribution in [0.5, 0.6) is 0 Å². The Morgan fingerprint density at radius 3 is 2.75 bits per heavy atom. The van der Waals surface area contributed by atoms with Crippen LogP contribution in [0.3, 0.4) is 0 Å². The zero-order valence-electron chi connectivity index (χ0n) is 12.1. The number of nitrogens with one attached hydrogen (secondary N) is 1. The smallest absolute Gasteiger partial charge is 0.279 e. The second kappa shape index (κ2) is 6.69. The highest BCUT2D eigenvalue weighted by Gasteiger charge is 2.36. The first-order chi connectivity index (χ1) is 9.56. The number of hydrogen-bond acceptors (Lipinski definition) is 1. The van der Waals surface area contributed by atoms with Gasteiger partial charge in [-0.1, -0.05) is 44.2 Å². The Balaban J connectivity index is 1.80. The quantitative estimate of drug-likeness (QED) is 0.791. The van der Waals surface area contributed by atoms with E-state index in [9.17, 15) is 9.18 Å². The summed E-state index contributed by atoms with van der Waals surface area (Å²) in [5.41, 5.74) is 1.28. The lowest BCUT2D eigenvalue weighted by molar-refractivity contribution is -0.119. The molecule has 2 unspecified atom stereocenters. The predicted octanol–water partition coefficient (Wildman–Crippen LogP) is 3.49. The highest BCUT2D eigenvalue weighted by Crippen LogP contribution is 2.42. The first kappa shape index (κ1) is 14.8. The molecule has 1 aromatic rings. The summed E-state index contributed by atoms with van der Waals surface area (Å²) in [5, 5.41) is 2.60. The Labute approximate surface area is 120 Å². The van der Waals surface area contributed by atoms with E-state index in [0.717, 1.165) is 12.8 Å². The number of benzene rings is 1. The molecule has 1 aliphatic carbocycles. The summed E-state index contributed by atoms with van der Waals surface area (Å²) in [6.07, 6.45) is 3.42. The number of carbonyl (C=O) groups excluding carboxylic acids is 1. The van der Waals surface area contributed by atoms with Gasteiger partial charge in [-0.3, -0.25) is 4.79 Å². The first-order valence-electron chi connectivity index (χ1n) is 7.25. The summed E-state index contributed by atoms with van der Waals surface area (Å²) < 4.78 is 13.7.